The van der Waals surface area contributed by atoms with Crippen LogP contribution in [0.5, 0.6) is 0 Å². The lowest BCUT2D eigenvalue weighted by molar-refractivity contribution is 1.28. The molecule has 1 nitrogen and oxygen atoms in total. The minimum absolute atomic E-state index is 0.405. The summed E-state index contributed by atoms with van der Waals surface area (Å²) in [5.74, 6) is 2.38. The highest BCUT2D eigenvalue weighted by atomic mass is 79.9. The van der Waals surface area contributed by atoms with E-state index in [1.807, 2.05) is 0 Å². The van der Waals surface area contributed by atoms with Crippen molar-refractivity contribution in [3.8, 4) is 12.3 Å². The Bertz CT molecular complexity index is 270. The van der Waals surface area contributed by atoms with E-state index in [0.717, 1.165) is 4.47 Å². The maximum absolute atomic E-state index is 5.59. The molecule has 0 unspecified atom stereocenters. The smallest absolute Gasteiger partial charge is 0.131 e. The van der Waals surface area contributed by atoms with Crippen LogP contribution in [-0.4, -0.2) is 4.98 Å². The zero-order valence-electron chi connectivity index (χ0n) is 4.94. The van der Waals surface area contributed by atoms with Gasteiger partial charge in [-0.25, -0.2) is 4.98 Å². The Hall–Kier alpha value is -0.520. The predicted octanol–water partition coefficient (Wildman–Crippen LogP) is 2.48. The molecule has 3 heteroatoms. The standard InChI is InChI=1S/C7H3BrClN/c1-2-6-3-5(8)4-7(9)10-6/h1,3-4H. The van der Waals surface area contributed by atoms with Crippen molar-refractivity contribution >= 4 is 27.5 Å². The number of hydrogen-bond donors (Lipinski definition) is 0. The molecule has 0 saturated carbocycles. The first-order valence-corrected chi connectivity index (χ1v) is 3.69. The minimum atomic E-state index is 0.405. The van der Waals surface area contributed by atoms with Gasteiger partial charge in [0.05, 0.1) is 0 Å². The Morgan fingerprint density at radius 2 is 2.30 bits per heavy atom. The summed E-state index contributed by atoms with van der Waals surface area (Å²) in [6.45, 7) is 0. The summed E-state index contributed by atoms with van der Waals surface area (Å²) < 4.78 is 0.848. The van der Waals surface area contributed by atoms with Crippen molar-refractivity contribution in [3.63, 3.8) is 0 Å². The van der Waals surface area contributed by atoms with E-state index in [9.17, 15) is 0 Å². The van der Waals surface area contributed by atoms with E-state index >= 15 is 0 Å². The van der Waals surface area contributed by atoms with Crippen LogP contribution in [0.15, 0.2) is 16.6 Å². The van der Waals surface area contributed by atoms with Crippen molar-refractivity contribution in [1.29, 1.82) is 0 Å². The Balaban J connectivity index is 3.22. The number of hydrogen-bond acceptors (Lipinski definition) is 1. The molecular formula is C7H3BrClN. The maximum Gasteiger partial charge on any atom is 0.131 e. The zero-order valence-corrected chi connectivity index (χ0v) is 7.28. The van der Waals surface area contributed by atoms with Gasteiger partial charge in [0.15, 0.2) is 0 Å². The van der Waals surface area contributed by atoms with E-state index in [1.54, 1.807) is 12.1 Å². The third-order valence-electron chi connectivity index (χ3n) is 0.907. The van der Waals surface area contributed by atoms with Crippen LogP contribution >= 0.6 is 27.5 Å². The van der Waals surface area contributed by atoms with Crippen molar-refractivity contribution in [2.75, 3.05) is 0 Å². The van der Waals surface area contributed by atoms with E-state index in [4.69, 9.17) is 18.0 Å². The number of terminal acetylenes is 1. The molecule has 0 N–H and O–H groups in total. The molecule has 1 aromatic heterocycles. The van der Waals surface area contributed by atoms with E-state index in [-0.39, 0.29) is 0 Å². The summed E-state index contributed by atoms with van der Waals surface area (Å²) >= 11 is 8.83. The highest BCUT2D eigenvalue weighted by Crippen LogP contribution is 2.15. The summed E-state index contributed by atoms with van der Waals surface area (Å²) in [7, 11) is 0. The highest BCUT2D eigenvalue weighted by Gasteiger charge is 1.94. The molecule has 10 heavy (non-hydrogen) atoms. The monoisotopic (exact) mass is 215 g/mol. The highest BCUT2D eigenvalue weighted by molar-refractivity contribution is 9.10. The minimum Gasteiger partial charge on any atom is -0.228 e. The lowest BCUT2D eigenvalue weighted by atomic mass is 10.4. The van der Waals surface area contributed by atoms with Crippen LogP contribution in [0.2, 0.25) is 5.15 Å². The van der Waals surface area contributed by atoms with E-state index in [1.165, 1.54) is 0 Å². The van der Waals surface area contributed by atoms with Gasteiger partial charge in [-0.3, -0.25) is 0 Å². The van der Waals surface area contributed by atoms with Crippen LogP contribution in [0.25, 0.3) is 0 Å². The van der Waals surface area contributed by atoms with Crippen molar-refractivity contribution in [2.24, 2.45) is 0 Å². The fourth-order valence-electron chi connectivity index (χ4n) is 0.540. The first-order chi connectivity index (χ1) is 4.72. The number of nitrogens with zero attached hydrogens (tertiary/aromatic N) is 1. The number of pyridine rings is 1. The van der Waals surface area contributed by atoms with E-state index < -0.39 is 0 Å². The van der Waals surface area contributed by atoms with Gasteiger partial charge in [-0.1, -0.05) is 33.5 Å². The van der Waals surface area contributed by atoms with Crippen LogP contribution in [0.3, 0.4) is 0 Å². The molecule has 0 spiro atoms. The fraction of sp³-hybridized carbons (Fsp3) is 0. The molecule has 0 atom stereocenters. The van der Waals surface area contributed by atoms with Crippen LogP contribution in [0.4, 0.5) is 0 Å². The lowest BCUT2D eigenvalue weighted by Gasteiger charge is -1.92. The van der Waals surface area contributed by atoms with E-state index in [2.05, 4.69) is 26.8 Å². The predicted molar refractivity (Wildman–Crippen MR) is 44.9 cm³/mol. The van der Waals surface area contributed by atoms with Crippen molar-refractivity contribution < 1.29 is 0 Å². The second-order valence-corrected chi connectivity index (χ2v) is 2.94. The van der Waals surface area contributed by atoms with Gasteiger partial charge in [-0.05, 0) is 12.1 Å². The second-order valence-electron chi connectivity index (χ2n) is 1.64. The normalized spacial score (nSPS) is 8.90. The number of halogens is 2. The van der Waals surface area contributed by atoms with Crippen LogP contribution < -0.4 is 0 Å². The Morgan fingerprint density at radius 1 is 1.60 bits per heavy atom. The average molecular weight is 216 g/mol. The molecular weight excluding hydrogens is 213 g/mol. The number of rotatable bonds is 0. The first kappa shape index (κ1) is 7.59. The summed E-state index contributed by atoms with van der Waals surface area (Å²) in [5, 5.41) is 0.405. The quantitative estimate of drug-likeness (QED) is 0.480. The summed E-state index contributed by atoms with van der Waals surface area (Å²) in [6, 6.07) is 3.41. The van der Waals surface area contributed by atoms with Gasteiger partial charge < -0.3 is 0 Å². The molecule has 0 fully saturated rings. The molecule has 0 aliphatic rings. The maximum atomic E-state index is 5.59. The Labute approximate surface area is 72.6 Å². The van der Waals surface area contributed by atoms with Gasteiger partial charge in [0.25, 0.3) is 0 Å². The molecule has 1 aromatic rings. The van der Waals surface area contributed by atoms with Crippen molar-refractivity contribution in [3.05, 3.63) is 27.5 Å². The van der Waals surface area contributed by atoms with Gasteiger partial charge in [0, 0.05) is 4.47 Å². The molecule has 1 rings (SSSR count). The van der Waals surface area contributed by atoms with Crippen LogP contribution in [0.1, 0.15) is 5.69 Å². The van der Waals surface area contributed by atoms with Crippen LogP contribution in [-0.2, 0) is 0 Å². The Morgan fingerprint density at radius 3 is 2.80 bits per heavy atom. The van der Waals surface area contributed by atoms with Crippen molar-refractivity contribution in [2.45, 2.75) is 0 Å². The third-order valence-corrected chi connectivity index (χ3v) is 1.56. The molecule has 0 aliphatic carbocycles. The lowest BCUT2D eigenvalue weighted by Crippen LogP contribution is -1.81. The largest absolute Gasteiger partial charge is 0.228 e. The van der Waals surface area contributed by atoms with Gasteiger partial charge in [-0.2, -0.15) is 0 Å². The molecule has 0 aromatic carbocycles. The molecule has 50 valence electrons. The molecule has 0 aliphatic heterocycles. The van der Waals surface area contributed by atoms with Gasteiger partial charge in [0.1, 0.15) is 10.8 Å². The average Bonchev–Trinajstić information content (AvgIpc) is 1.85. The summed E-state index contributed by atoms with van der Waals surface area (Å²) in [6.07, 6.45) is 5.10. The molecule has 0 saturated heterocycles. The van der Waals surface area contributed by atoms with E-state index in [0.29, 0.717) is 10.8 Å². The van der Waals surface area contributed by atoms with Crippen LogP contribution in [0, 0.1) is 12.3 Å². The van der Waals surface area contributed by atoms with Gasteiger partial charge >= 0.3 is 0 Å². The zero-order chi connectivity index (χ0) is 7.56. The SMILES string of the molecule is C#Cc1cc(Br)cc(Cl)n1. The first-order valence-electron chi connectivity index (χ1n) is 2.52. The molecule has 0 radical (unpaired) electrons. The molecule has 0 bridgehead atoms. The third kappa shape index (κ3) is 1.73. The fourth-order valence-corrected chi connectivity index (χ4v) is 1.31. The van der Waals surface area contributed by atoms with Gasteiger partial charge in [-0.15, -0.1) is 6.42 Å². The Kier molecular flexibility index (Phi) is 2.31. The number of aromatic nitrogens is 1. The molecule has 0 amide bonds. The van der Waals surface area contributed by atoms with Gasteiger partial charge in [0.2, 0.25) is 0 Å². The summed E-state index contributed by atoms with van der Waals surface area (Å²) in [5.41, 5.74) is 0.541. The summed E-state index contributed by atoms with van der Waals surface area (Å²) in [4.78, 5) is 3.85. The second kappa shape index (κ2) is 3.05. The van der Waals surface area contributed by atoms with Crippen molar-refractivity contribution in [1.82, 2.24) is 4.98 Å². The topological polar surface area (TPSA) is 12.9 Å². The molecule has 1 heterocycles.